The van der Waals surface area contributed by atoms with Gasteiger partial charge in [0.05, 0.1) is 0 Å². The van der Waals surface area contributed by atoms with E-state index in [9.17, 15) is 0 Å². The largest absolute Gasteiger partial charge is 0.326 e. The summed E-state index contributed by atoms with van der Waals surface area (Å²) in [7, 11) is 0. The van der Waals surface area contributed by atoms with Crippen LogP contribution in [-0.4, -0.2) is 0 Å². The molecule has 2 aromatic carbocycles. The summed E-state index contributed by atoms with van der Waals surface area (Å²) in [5.41, 5.74) is 8.93. The zero-order chi connectivity index (χ0) is 11.5. The molecule has 1 nitrogen and oxygen atoms in total. The molecule has 82 valence electrons. The summed E-state index contributed by atoms with van der Waals surface area (Å²) in [4.78, 5) is 0. The fourth-order valence-electron chi connectivity index (χ4n) is 1.55. The van der Waals surface area contributed by atoms with E-state index in [0.29, 0.717) is 6.54 Å². The maximum atomic E-state index is 6.01. The van der Waals surface area contributed by atoms with Gasteiger partial charge in [0.15, 0.2) is 0 Å². The Labute approximate surface area is 108 Å². The van der Waals surface area contributed by atoms with E-state index >= 15 is 0 Å². The molecule has 0 amide bonds. The van der Waals surface area contributed by atoms with Gasteiger partial charge in [-0.3, -0.25) is 0 Å². The molecule has 16 heavy (non-hydrogen) atoms. The fraction of sp³-hybridized carbons (Fsp3) is 0.0769. The van der Waals surface area contributed by atoms with E-state index in [4.69, 9.17) is 17.3 Å². The third-order valence-corrected chi connectivity index (χ3v) is 3.06. The highest BCUT2D eigenvalue weighted by Crippen LogP contribution is 2.27. The second kappa shape index (κ2) is 5.00. The minimum Gasteiger partial charge on any atom is -0.326 e. The van der Waals surface area contributed by atoms with Crippen LogP contribution < -0.4 is 5.73 Å². The molecule has 0 saturated heterocycles. The molecule has 2 N–H and O–H groups in total. The SMILES string of the molecule is NCc1ccc(-c2cc(Cl)cc(Br)c2)cc1. The molecule has 3 heteroatoms. The van der Waals surface area contributed by atoms with Gasteiger partial charge < -0.3 is 5.73 Å². The molecule has 0 bridgehead atoms. The van der Waals surface area contributed by atoms with Crippen molar-refractivity contribution in [1.82, 2.24) is 0 Å². The van der Waals surface area contributed by atoms with Crippen molar-refractivity contribution in [3.8, 4) is 11.1 Å². The highest BCUT2D eigenvalue weighted by atomic mass is 79.9. The van der Waals surface area contributed by atoms with Crippen LogP contribution in [0.15, 0.2) is 46.9 Å². The molecule has 0 spiro atoms. The molecule has 0 fully saturated rings. The summed E-state index contributed by atoms with van der Waals surface area (Å²) in [6.07, 6.45) is 0. The number of hydrogen-bond acceptors (Lipinski definition) is 1. The molecule has 0 aliphatic rings. The zero-order valence-electron chi connectivity index (χ0n) is 8.58. The van der Waals surface area contributed by atoms with Gasteiger partial charge in [-0.2, -0.15) is 0 Å². The van der Waals surface area contributed by atoms with Crippen LogP contribution in [0.5, 0.6) is 0 Å². The standard InChI is InChI=1S/C13H11BrClN/c14-12-5-11(6-13(15)7-12)10-3-1-9(8-16)2-4-10/h1-7H,8,16H2. The van der Waals surface area contributed by atoms with E-state index in [-0.39, 0.29) is 0 Å². The Balaban J connectivity index is 2.42. The predicted octanol–water partition coefficient (Wildman–Crippen LogP) is 4.23. The smallest absolute Gasteiger partial charge is 0.0423 e. The lowest BCUT2D eigenvalue weighted by Gasteiger charge is -2.04. The highest BCUT2D eigenvalue weighted by molar-refractivity contribution is 9.10. The molecule has 2 rings (SSSR count). The van der Waals surface area contributed by atoms with E-state index in [1.807, 2.05) is 30.3 Å². The Morgan fingerprint density at radius 1 is 1.00 bits per heavy atom. The van der Waals surface area contributed by atoms with Gasteiger partial charge in [-0.25, -0.2) is 0 Å². The average Bonchev–Trinajstić information content (AvgIpc) is 2.28. The van der Waals surface area contributed by atoms with Crippen molar-refractivity contribution in [3.63, 3.8) is 0 Å². The normalized spacial score (nSPS) is 10.4. The van der Waals surface area contributed by atoms with Crippen LogP contribution >= 0.6 is 27.5 Å². The van der Waals surface area contributed by atoms with Crippen LogP contribution in [0.25, 0.3) is 11.1 Å². The Morgan fingerprint density at radius 2 is 1.69 bits per heavy atom. The minimum absolute atomic E-state index is 0.569. The molecule has 0 aromatic heterocycles. The van der Waals surface area contributed by atoms with Gasteiger partial charge in [0.1, 0.15) is 0 Å². The Kier molecular flexibility index (Phi) is 3.64. The predicted molar refractivity (Wildman–Crippen MR) is 72.5 cm³/mol. The molecule has 0 atom stereocenters. The lowest BCUT2D eigenvalue weighted by molar-refractivity contribution is 1.07. The second-order valence-corrected chi connectivity index (χ2v) is 4.91. The van der Waals surface area contributed by atoms with E-state index < -0.39 is 0 Å². The van der Waals surface area contributed by atoms with Crippen LogP contribution in [0.4, 0.5) is 0 Å². The Hall–Kier alpha value is -0.830. The maximum absolute atomic E-state index is 6.01. The molecule has 2 aromatic rings. The molecule has 0 aliphatic carbocycles. The summed E-state index contributed by atoms with van der Waals surface area (Å²) in [6.45, 7) is 0.569. The van der Waals surface area contributed by atoms with Crippen molar-refractivity contribution in [1.29, 1.82) is 0 Å². The van der Waals surface area contributed by atoms with Crippen LogP contribution in [0.3, 0.4) is 0 Å². The first-order valence-electron chi connectivity index (χ1n) is 4.94. The Morgan fingerprint density at radius 3 is 2.25 bits per heavy atom. The maximum Gasteiger partial charge on any atom is 0.0423 e. The number of nitrogens with two attached hydrogens (primary N) is 1. The van der Waals surface area contributed by atoms with Crippen molar-refractivity contribution in [3.05, 3.63) is 57.5 Å². The lowest BCUT2D eigenvalue weighted by Crippen LogP contribution is -1.95. The summed E-state index contributed by atoms with van der Waals surface area (Å²) in [6, 6.07) is 14.0. The first-order valence-corrected chi connectivity index (χ1v) is 6.11. The molecule has 0 saturated carbocycles. The minimum atomic E-state index is 0.569. The van der Waals surface area contributed by atoms with Crippen LogP contribution in [0.2, 0.25) is 5.02 Å². The topological polar surface area (TPSA) is 26.0 Å². The first kappa shape index (κ1) is 11.6. The first-order chi connectivity index (χ1) is 7.69. The number of hydrogen-bond donors (Lipinski definition) is 1. The van der Waals surface area contributed by atoms with Crippen LogP contribution in [-0.2, 0) is 6.54 Å². The third kappa shape index (κ3) is 2.64. The van der Waals surface area contributed by atoms with Gasteiger partial charge in [0.2, 0.25) is 0 Å². The van der Waals surface area contributed by atoms with E-state index in [0.717, 1.165) is 26.2 Å². The van der Waals surface area contributed by atoms with Crippen molar-refractivity contribution >= 4 is 27.5 Å². The summed E-state index contributed by atoms with van der Waals surface area (Å²) >= 11 is 9.44. The van der Waals surface area contributed by atoms with E-state index in [1.54, 1.807) is 0 Å². The number of halogens is 2. The van der Waals surface area contributed by atoms with Gasteiger partial charge >= 0.3 is 0 Å². The molecular weight excluding hydrogens is 286 g/mol. The number of benzene rings is 2. The Bertz CT molecular complexity index is 474. The van der Waals surface area contributed by atoms with Crippen LogP contribution in [0.1, 0.15) is 5.56 Å². The summed E-state index contributed by atoms with van der Waals surface area (Å²) < 4.78 is 0.984. The average molecular weight is 297 g/mol. The van der Waals surface area contributed by atoms with Crippen molar-refractivity contribution in [2.45, 2.75) is 6.54 Å². The highest BCUT2D eigenvalue weighted by Gasteiger charge is 2.01. The van der Waals surface area contributed by atoms with E-state index in [2.05, 4.69) is 28.1 Å². The second-order valence-electron chi connectivity index (χ2n) is 3.56. The monoisotopic (exact) mass is 295 g/mol. The van der Waals surface area contributed by atoms with Crippen molar-refractivity contribution in [2.75, 3.05) is 0 Å². The lowest BCUT2D eigenvalue weighted by atomic mass is 10.0. The molecule has 0 heterocycles. The van der Waals surface area contributed by atoms with Gasteiger partial charge in [0.25, 0.3) is 0 Å². The molecule has 0 unspecified atom stereocenters. The molecular formula is C13H11BrClN. The molecule has 0 radical (unpaired) electrons. The van der Waals surface area contributed by atoms with Gasteiger partial charge in [-0.1, -0.05) is 51.8 Å². The number of rotatable bonds is 2. The van der Waals surface area contributed by atoms with Crippen molar-refractivity contribution in [2.24, 2.45) is 5.73 Å². The fourth-order valence-corrected chi connectivity index (χ4v) is 2.41. The third-order valence-electron chi connectivity index (χ3n) is 2.39. The van der Waals surface area contributed by atoms with Gasteiger partial charge in [-0.15, -0.1) is 0 Å². The van der Waals surface area contributed by atoms with Crippen molar-refractivity contribution < 1.29 is 0 Å². The summed E-state index contributed by atoms with van der Waals surface area (Å²) in [5, 5.41) is 0.729. The van der Waals surface area contributed by atoms with E-state index in [1.165, 1.54) is 0 Å². The molecule has 0 aliphatic heterocycles. The van der Waals surface area contributed by atoms with Gasteiger partial charge in [-0.05, 0) is 34.9 Å². The quantitative estimate of drug-likeness (QED) is 0.882. The van der Waals surface area contributed by atoms with Gasteiger partial charge in [0, 0.05) is 16.0 Å². The summed E-state index contributed by atoms with van der Waals surface area (Å²) in [5.74, 6) is 0. The van der Waals surface area contributed by atoms with Crippen LogP contribution in [0, 0.1) is 0 Å². The zero-order valence-corrected chi connectivity index (χ0v) is 10.9.